The van der Waals surface area contributed by atoms with Crippen LogP contribution in [0.25, 0.3) is 0 Å². The van der Waals surface area contributed by atoms with Crippen LogP contribution in [0.5, 0.6) is 5.75 Å². The summed E-state index contributed by atoms with van der Waals surface area (Å²) in [7, 11) is 1.69. The second-order valence-electron chi connectivity index (χ2n) is 5.10. The Morgan fingerprint density at radius 2 is 1.90 bits per heavy atom. The molecule has 0 heterocycles. The van der Waals surface area contributed by atoms with Gasteiger partial charge in [0.2, 0.25) is 0 Å². The van der Waals surface area contributed by atoms with Crippen LogP contribution >= 0.6 is 0 Å². The lowest BCUT2D eigenvalue weighted by molar-refractivity contribution is 0.399. The number of aryl methyl sites for hydroxylation is 2. The second kappa shape index (κ2) is 6.55. The highest BCUT2D eigenvalue weighted by molar-refractivity contribution is 5.40. The standard InChI is InChI=1S/C17H22N2O/c1-12-8-9-17(20-3)15(10-12)16(19-18)11-14-7-5-4-6-13(14)2/h4-10,16,19H,11,18H2,1-3H3. The molecule has 20 heavy (non-hydrogen) atoms. The molecule has 106 valence electrons. The fourth-order valence-corrected chi connectivity index (χ4v) is 2.44. The van der Waals surface area contributed by atoms with Gasteiger partial charge in [-0.05, 0) is 37.5 Å². The van der Waals surface area contributed by atoms with Crippen molar-refractivity contribution in [1.82, 2.24) is 5.43 Å². The first-order valence-electron chi connectivity index (χ1n) is 6.81. The molecule has 3 heteroatoms. The average molecular weight is 270 g/mol. The van der Waals surface area contributed by atoms with E-state index in [2.05, 4.69) is 49.6 Å². The Morgan fingerprint density at radius 3 is 2.55 bits per heavy atom. The highest BCUT2D eigenvalue weighted by Gasteiger charge is 2.16. The van der Waals surface area contributed by atoms with Gasteiger partial charge in [-0.1, -0.05) is 42.0 Å². The first kappa shape index (κ1) is 14.6. The Bertz CT molecular complexity index is 581. The largest absolute Gasteiger partial charge is 0.496 e. The van der Waals surface area contributed by atoms with Gasteiger partial charge >= 0.3 is 0 Å². The van der Waals surface area contributed by atoms with Crippen LogP contribution < -0.4 is 16.0 Å². The lowest BCUT2D eigenvalue weighted by Crippen LogP contribution is -2.30. The first-order valence-corrected chi connectivity index (χ1v) is 6.81. The molecule has 0 saturated carbocycles. The van der Waals surface area contributed by atoms with E-state index in [0.717, 1.165) is 17.7 Å². The Labute approximate surface area is 120 Å². The maximum atomic E-state index is 5.77. The third-order valence-electron chi connectivity index (χ3n) is 3.65. The molecular formula is C17H22N2O. The number of hydrazine groups is 1. The minimum atomic E-state index is 0.0333. The number of nitrogens with two attached hydrogens (primary N) is 1. The van der Waals surface area contributed by atoms with Crippen LogP contribution in [0.1, 0.15) is 28.3 Å². The fraction of sp³-hybridized carbons (Fsp3) is 0.294. The van der Waals surface area contributed by atoms with Crippen molar-refractivity contribution in [3.05, 3.63) is 64.7 Å². The molecular weight excluding hydrogens is 248 g/mol. The average Bonchev–Trinajstić information content (AvgIpc) is 2.46. The van der Waals surface area contributed by atoms with E-state index in [4.69, 9.17) is 10.6 Å². The summed E-state index contributed by atoms with van der Waals surface area (Å²) >= 11 is 0. The van der Waals surface area contributed by atoms with Crippen LogP contribution in [0.4, 0.5) is 0 Å². The summed E-state index contributed by atoms with van der Waals surface area (Å²) < 4.78 is 5.46. The van der Waals surface area contributed by atoms with Crippen LogP contribution in [0.2, 0.25) is 0 Å². The number of rotatable bonds is 5. The molecule has 2 aromatic rings. The number of hydrogen-bond donors (Lipinski definition) is 2. The fourth-order valence-electron chi connectivity index (χ4n) is 2.44. The molecule has 0 amide bonds. The van der Waals surface area contributed by atoms with Crippen molar-refractivity contribution in [2.45, 2.75) is 26.3 Å². The van der Waals surface area contributed by atoms with E-state index in [1.807, 2.05) is 12.1 Å². The van der Waals surface area contributed by atoms with E-state index in [1.54, 1.807) is 7.11 Å². The Balaban J connectivity index is 2.33. The smallest absolute Gasteiger partial charge is 0.123 e. The quantitative estimate of drug-likeness (QED) is 0.648. The number of methoxy groups -OCH3 is 1. The molecule has 0 aromatic heterocycles. The zero-order chi connectivity index (χ0) is 14.5. The summed E-state index contributed by atoms with van der Waals surface area (Å²) in [6, 6.07) is 14.6. The zero-order valence-electron chi connectivity index (χ0n) is 12.3. The minimum absolute atomic E-state index is 0.0333. The topological polar surface area (TPSA) is 47.3 Å². The van der Waals surface area contributed by atoms with Crippen LogP contribution in [-0.4, -0.2) is 7.11 Å². The van der Waals surface area contributed by atoms with E-state index in [0.29, 0.717) is 0 Å². The van der Waals surface area contributed by atoms with Crippen molar-refractivity contribution in [1.29, 1.82) is 0 Å². The molecule has 0 aliphatic rings. The lowest BCUT2D eigenvalue weighted by atomic mass is 9.95. The van der Waals surface area contributed by atoms with Gasteiger partial charge in [-0.15, -0.1) is 0 Å². The summed E-state index contributed by atoms with van der Waals surface area (Å²) in [4.78, 5) is 0. The van der Waals surface area contributed by atoms with Gasteiger partial charge in [-0.2, -0.15) is 0 Å². The van der Waals surface area contributed by atoms with Crippen molar-refractivity contribution in [3.63, 3.8) is 0 Å². The molecule has 0 aliphatic heterocycles. The normalized spacial score (nSPS) is 12.2. The molecule has 1 atom stereocenters. The van der Waals surface area contributed by atoms with Gasteiger partial charge in [0.15, 0.2) is 0 Å². The Kier molecular flexibility index (Phi) is 4.77. The van der Waals surface area contributed by atoms with Crippen molar-refractivity contribution < 1.29 is 4.74 Å². The number of hydrogen-bond acceptors (Lipinski definition) is 3. The molecule has 0 saturated heterocycles. The third-order valence-corrected chi connectivity index (χ3v) is 3.65. The molecule has 0 aliphatic carbocycles. The van der Waals surface area contributed by atoms with Crippen LogP contribution in [0.3, 0.4) is 0 Å². The highest BCUT2D eigenvalue weighted by atomic mass is 16.5. The highest BCUT2D eigenvalue weighted by Crippen LogP contribution is 2.28. The maximum Gasteiger partial charge on any atom is 0.123 e. The molecule has 3 N–H and O–H groups in total. The number of nitrogens with one attached hydrogen (secondary N) is 1. The summed E-state index contributed by atoms with van der Waals surface area (Å²) in [5, 5.41) is 0. The zero-order valence-corrected chi connectivity index (χ0v) is 12.3. The van der Waals surface area contributed by atoms with Crippen LogP contribution in [-0.2, 0) is 6.42 Å². The van der Waals surface area contributed by atoms with Gasteiger partial charge in [0.05, 0.1) is 13.2 Å². The third kappa shape index (κ3) is 3.18. The summed E-state index contributed by atoms with van der Waals surface area (Å²) in [5.41, 5.74) is 7.78. The molecule has 0 radical (unpaired) electrons. The molecule has 0 bridgehead atoms. The van der Waals surface area contributed by atoms with Crippen LogP contribution in [0.15, 0.2) is 42.5 Å². The molecule has 3 nitrogen and oxygen atoms in total. The second-order valence-corrected chi connectivity index (χ2v) is 5.10. The predicted octanol–water partition coefficient (Wildman–Crippen LogP) is 3.06. The van der Waals surface area contributed by atoms with E-state index >= 15 is 0 Å². The Morgan fingerprint density at radius 1 is 1.15 bits per heavy atom. The van der Waals surface area contributed by atoms with E-state index in [9.17, 15) is 0 Å². The Hall–Kier alpha value is -1.84. The molecule has 2 aromatic carbocycles. The first-order chi connectivity index (χ1) is 9.65. The van der Waals surface area contributed by atoms with Gasteiger partial charge in [0, 0.05) is 5.56 Å². The van der Waals surface area contributed by atoms with Crippen molar-refractivity contribution >= 4 is 0 Å². The molecule has 0 fully saturated rings. The van der Waals surface area contributed by atoms with E-state index in [1.165, 1.54) is 16.7 Å². The summed E-state index contributed by atoms with van der Waals surface area (Å²) in [5.74, 6) is 6.64. The SMILES string of the molecule is COc1ccc(C)cc1C(Cc1ccccc1C)NN. The van der Waals surface area contributed by atoms with Gasteiger partial charge in [0.1, 0.15) is 5.75 Å². The van der Waals surface area contributed by atoms with Gasteiger partial charge in [0.25, 0.3) is 0 Å². The van der Waals surface area contributed by atoms with E-state index < -0.39 is 0 Å². The molecule has 0 spiro atoms. The van der Waals surface area contributed by atoms with Gasteiger partial charge in [-0.25, -0.2) is 0 Å². The molecule has 1 unspecified atom stereocenters. The summed E-state index contributed by atoms with van der Waals surface area (Å²) in [6.45, 7) is 4.20. The minimum Gasteiger partial charge on any atom is -0.496 e. The van der Waals surface area contributed by atoms with E-state index in [-0.39, 0.29) is 6.04 Å². The maximum absolute atomic E-state index is 5.77. The predicted molar refractivity (Wildman–Crippen MR) is 82.7 cm³/mol. The number of ether oxygens (including phenoxy) is 1. The van der Waals surface area contributed by atoms with Crippen molar-refractivity contribution in [3.8, 4) is 5.75 Å². The van der Waals surface area contributed by atoms with Gasteiger partial charge in [-0.3, -0.25) is 11.3 Å². The van der Waals surface area contributed by atoms with Crippen molar-refractivity contribution in [2.24, 2.45) is 5.84 Å². The summed E-state index contributed by atoms with van der Waals surface area (Å²) in [6.07, 6.45) is 0.836. The molecule has 2 rings (SSSR count). The monoisotopic (exact) mass is 270 g/mol. The number of benzene rings is 2. The van der Waals surface area contributed by atoms with Crippen molar-refractivity contribution in [2.75, 3.05) is 7.11 Å². The van der Waals surface area contributed by atoms with Crippen LogP contribution in [0, 0.1) is 13.8 Å². The lowest BCUT2D eigenvalue weighted by Gasteiger charge is -2.20. The van der Waals surface area contributed by atoms with Gasteiger partial charge < -0.3 is 4.74 Å².